The minimum atomic E-state index is 0. The molecule has 5 heteroatoms. The van der Waals surface area contributed by atoms with Gasteiger partial charge in [0.25, 0.3) is 5.91 Å². The van der Waals surface area contributed by atoms with Crippen molar-refractivity contribution in [1.29, 1.82) is 0 Å². The van der Waals surface area contributed by atoms with E-state index in [1.54, 1.807) is 6.20 Å². The zero-order chi connectivity index (χ0) is 15.5. The number of pyridine rings is 1. The molecule has 2 aromatic rings. The van der Waals surface area contributed by atoms with Gasteiger partial charge >= 0.3 is 0 Å². The number of fused-ring (bicyclic) bond motifs is 1. The summed E-state index contributed by atoms with van der Waals surface area (Å²) in [6.07, 6.45) is 2.81. The van der Waals surface area contributed by atoms with Gasteiger partial charge in [-0.25, -0.2) is 0 Å². The van der Waals surface area contributed by atoms with E-state index in [4.69, 9.17) is 0 Å². The largest absolute Gasteiger partial charge is 0.334 e. The first kappa shape index (κ1) is 17.7. The third kappa shape index (κ3) is 4.01. The van der Waals surface area contributed by atoms with E-state index in [-0.39, 0.29) is 18.3 Å². The van der Waals surface area contributed by atoms with Crippen LogP contribution < -0.4 is 5.32 Å². The molecule has 1 aliphatic rings. The van der Waals surface area contributed by atoms with Crippen molar-refractivity contribution in [2.24, 2.45) is 5.92 Å². The number of halogens is 1. The van der Waals surface area contributed by atoms with Gasteiger partial charge in [0.2, 0.25) is 0 Å². The molecule has 3 rings (SSSR count). The maximum atomic E-state index is 13.0. The second-order valence-electron chi connectivity index (χ2n) is 6.41. The van der Waals surface area contributed by atoms with Gasteiger partial charge in [0.1, 0.15) is 0 Å². The van der Waals surface area contributed by atoms with Gasteiger partial charge in [-0.2, -0.15) is 0 Å². The van der Waals surface area contributed by atoms with Crippen molar-refractivity contribution >= 4 is 29.2 Å². The van der Waals surface area contributed by atoms with Gasteiger partial charge in [-0.15, -0.1) is 12.4 Å². The molecule has 1 aliphatic heterocycles. The van der Waals surface area contributed by atoms with Crippen molar-refractivity contribution in [3.63, 3.8) is 0 Å². The molecular weight excluding hydrogens is 310 g/mol. The van der Waals surface area contributed by atoms with Gasteiger partial charge in [0.15, 0.2) is 0 Å². The van der Waals surface area contributed by atoms with Crippen molar-refractivity contribution in [1.82, 2.24) is 15.2 Å². The third-order valence-electron chi connectivity index (χ3n) is 4.15. The van der Waals surface area contributed by atoms with E-state index in [2.05, 4.69) is 24.1 Å². The Kier molecular flexibility index (Phi) is 5.97. The summed E-state index contributed by atoms with van der Waals surface area (Å²) in [7, 11) is 0. The van der Waals surface area contributed by atoms with E-state index in [1.165, 1.54) is 0 Å². The summed E-state index contributed by atoms with van der Waals surface area (Å²) in [5, 5.41) is 4.37. The molecule has 2 heterocycles. The average molecular weight is 334 g/mol. The summed E-state index contributed by atoms with van der Waals surface area (Å²) in [4.78, 5) is 19.4. The van der Waals surface area contributed by atoms with Gasteiger partial charge in [-0.1, -0.05) is 19.9 Å². The summed E-state index contributed by atoms with van der Waals surface area (Å²) in [6.45, 7) is 7.01. The van der Waals surface area contributed by atoms with Crippen molar-refractivity contribution in [2.45, 2.75) is 26.3 Å². The van der Waals surface area contributed by atoms with Crippen LogP contribution in [0.25, 0.3) is 10.9 Å². The highest BCUT2D eigenvalue weighted by Gasteiger charge is 2.27. The molecule has 1 saturated heterocycles. The monoisotopic (exact) mass is 333 g/mol. The topological polar surface area (TPSA) is 45.2 Å². The van der Waals surface area contributed by atoms with Crippen molar-refractivity contribution < 1.29 is 4.79 Å². The van der Waals surface area contributed by atoms with Gasteiger partial charge in [-0.05, 0) is 43.1 Å². The van der Waals surface area contributed by atoms with Crippen LogP contribution >= 0.6 is 12.4 Å². The lowest BCUT2D eigenvalue weighted by atomic mass is 10.1. The molecule has 0 bridgehead atoms. The Morgan fingerprint density at radius 2 is 2.22 bits per heavy atom. The number of rotatable bonds is 4. The predicted octanol–water partition coefficient (Wildman–Crippen LogP) is 3.12. The van der Waals surface area contributed by atoms with Gasteiger partial charge in [-0.3, -0.25) is 9.78 Å². The molecule has 1 fully saturated rings. The predicted molar refractivity (Wildman–Crippen MR) is 96.1 cm³/mol. The summed E-state index contributed by atoms with van der Waals surface area (Å²) in [5.74, 6) is 0.597. The number of hydrogen-bond acceptors (Lipinski definition) is 3. The first-order valence-corrected chi connectivity index (χ1v) is 8.01. The fourth-order valence-electron chi connectivity index (χ4n) is 3.07. The van der Waals surface area contributed by atoms with Crippen LogP contribution in [0.1, 0.15) is 30.6 Å². The zero-order valence-corrected chi connectivity index (χ0v) is 14.5. The van der Waals surface area contributed by atoms with E-state index >= 15 is 0 Å². The molecule has 0 unspecified atom stereocenters. The highest BCUT2D eigenvalue weighted by Crippen LogP contribution is 2.19. The molecule has 124 valence electrons. The van der Waals surface area contributed by atoms with Crippen LogP contribution in [0.15, 0.2) is 36.5 Å². The van der Waals surface area contributed by atoms with Crippen molar-refractivity contribution in [3.05, 3.63) is 42.1 Å². The van der Waals surface area contributed by atoms with E-state index < -0.39 is 0 Å². The minimum Gasteiger partial charge on any atom is -0.334 e. The highest BCUT2D eigenvalue weighted by molar-refractivity contribution is 5.98. The SMILES string of the molecule is CC(C)CN(C(=O)c1ccc2ncccc2c1)[C@H]1CCNC1.Cl. The molecule has 0 spiro atoms. The first-order chi connectivity index (χ1) is 10.6. The average Bonchev–Trinajstić information content (AvgIpc) is 3.05. The van der Waals surface area contributed by atoms with Crippen LogP contribution in [0.3, 0.4) is 0 Å². The van der Waals surface area contributed by atoms with Gasteiger partial charge in [0.05, 0.1) is 5.52 Å². The lowest BCUT2D eigenvalue weighted by Crippen LogP contribution is -2.43. The van der Waals surface area contributed by atoms with Crippen LogP contribution in [-0.2, 0) is 0 Å². The Morgan fingerprint density at radius 3 is 2.91 bits per heavy atom. The molecule has 4 nitrogen and oxygen atoms in total. The number of nitrogens with one attached hydrogen (secondary N) is 1. The van der Waals surface area contributed by atoms with E-state index in [0.29, 0.717) is 12.0 Å². The molecular formula is C18H24ClN3O. The Bertz CT molecular complexity index is 668. The summed E-state index contributed by atoms with van der Waals surface area (Å²) in [6, 6.07) is 10.0. The molecule has 0 aliphatic carbocycles. The molecule has 0 radical (unpaired) electrons. The lowest BCUT2D eigenvalue weighted by Gasteiger charge is -2.30. The summed E-state index contributed by atoms with van der Waals surface area (Å²) in [5.41, 5.74) is 1.69. The van der Waals surface area contributed by atoms with Crippen LogP contribution in [0, 0.1) is 5.92 Å². The highest BCUT2D eigenvalue weighted by atomic mass is 35.5. The quantitative estimate of drug-likeness (QED) is 0.935. The van der Waals surface area contributed by atoms with Crippen molar-refractivity contribution in [2.75, 3.05) is 19.6 Å². The number of nitrogens with zero attached hydrogens (tertiary/aromatic N) is 2. The molecule has 1 atom stereocenters. The fraction of sp³-hybridized carbons (Fsp3) is 0.444. The summed E-state index contributed by atoms with van der Waals surface area (Å²) < 4.78 is 0. The second-order valence-corrected chi connectivity index (χ2v) is 6.41. The molecule has 0 saturated carbocycles. The molecule has 1 aromatic heterocycles. The normalized spacial score (nSPS) is 17.3. The van der Waals surface area contributed by atoms with E-state index in [1.807, 2.05) is 35.2 Å². The van der Waals surface area contributed by atoms with Crippen molar-refractivity contribution in [3.8, 4) is 0 Å². The molecule has 23 heavy (non-hydrogen) atoms. The third-order valence-corrected chi connectivity index (χ3v) is 4.15. The standard InChI is InChI=1S/C18H23N3O.ClH/c1-13(2)12-21(16-7-9-19-11-16)18(22)15-5-6-17-14(10-15)4-3-8-20-17;/h3-6,8,10,13,16,19H,7,9,11-12H2,1-2H3;1H/t16-;/m0./s1. The maximum absolute atomic E-state index is 13.0. The van der Waals surface area contributed by atoms with Crippen LogP contribution in [0.2, 0.25) is 0 Å². The van der Waals surface area contributed by atoms with Gasteiger partial charge < -0.3 is 10.2 Å². The number of carbonyl (C=O) groups excluding carboxylic acids is 1. The Labute approximate surface area is 143 Å². The Morgan fingerprint density at radius 1 is 1.39 bits per heavy atom. The van der Waals surface area contributed by atoms with E-state index in [9.17, 15) is 4.79 Å². The number of hydrogen-bond donors (Lipinski definition) is 1. The van der Waals surface area contributed by atoms with Crippen LogP contribution in [-0.4, -0.2) is 41.5 Å². The summed E-state index contributed by atoms with van der Waals surface area (Å²) >= 11 is 0. The Hall–Kier alpha value is -1.65. The number of carbonyl (C=O) groups is 1. The second kappa shape index (κ2) is 7.75. The number of aromatic nitrogens is 1. The smallest absolute Gasteiger partial charge is 0.254 e. The number of benzene rings is 1. The van der Waals surface area contributed by atoms with E-state index in [0.717, 1.165) is 42.5 Å². The van der Waals surface area contributed by atoms with Gasteiger partial charge in [0, 0.05) is 36.3 Å². The van der Waals surface area contributed by atoms with Crippen LogP contribution in [0.5, 0.6) is 0 Å². The van der Waals surface area contributed by atoms with Crippen LogP contribution in [0.4, 0.5) is 0 Å². The fourth-order valence-corrected chi connectivity index (χ4v) is 3.07. The maximum Gasteiger partial charge on any atom is 0.254 e. The molecule has 1 aromatic carbocycles. The first-order valence-electron chi connectivity index (χ1n) is 8.01. The Balaban J connectivity index is 0.00000192. The minimum absolute atomic E-state index is 0. The molecule has 1 N–H and O–H groups in total. The number of amides is 1. The molecule has 1 amide bonds. The zero-order valence-electron chi connectivity index (χ0n) is 13.7. The lowest BCUT2D eigenvalue weighted by molar-refractivity contribution is 0.0667.